The van der Waals surface area contributed by atoms with Crippen LogP contribution in [-0.4, -0.2) is 16.6 Å². The van der Waals surface area contributed by atoms with E-state index in [1.54, 1.807) is 42.2 Å². The smallest absolute Gasteiger partial charge is 0.280 e. The van der Waals surface area contributed by atoms with E-state index in [1.807, 2.05) is 24.3 Å². The van der Waals surface area contributed by atoms with Gasteiger partial charge >= 0.3 is 0 Å². The van der Waals surface area contributed by atoms with Gasteiger partial charge in [0.05, 0.1) is 21.9 Å². The number of ketones is 1. The fourth-order valence-electron chi connectivity index (χ4n) is 5.19. The number of carbonyl (C=O) groups excluding carboxylic acids is 2. The molecule has 0 bridgehead atoms. The number of amides is 1. The van der Waals surface area contributed by atoms with Crippen molar-refractivity contribution < 1.29 is 18.9 Å². The maximum Gasteiger partial charge on any atom is 0.280 e. The second kappa shape index (κ2) is 8.78. The number of anilines is 2. The van der Waals surface area contributed by atoms with Crippen molar-refractivity contribution in [2.24, 2.45) is 5.41 Å². The Balaban J connectivity index is 1.74. The summed E-state index contributed by atoms with van der Waals surface area (Å²) in [6.45, 7) is 5.88. The van der Waals surface area contributed by atoms with Crippen LogP contribution in [0, 0.1) is 15.5 Å². The molecule has 1 N–H and O–H groups in total. The number of rotatable bonds is 4. The summed E-state index contributed by atoms with van der Waals surface area (Å²) in [6.07, 6.45) is 1.20. The quantitative estimate of drug-likeness (QED) is 0.338. The van der Waals surface area contributed by atoms with Crippen molar-refractivity contribution in [3.63, 3.8) is 0 Å². The minimum absolute atomic E-state index is 0.0518. The van der Waals surface area contributed by atoms with Crippen molar-refractivity contribution in [1.29, 1.82) is 0 Å². The van der Waals surface area contributed by atoms with E-state index in [-0.39, 0.29) is 29.2 Å². The van der Waals surface area contributed by atoms with Crippen molar-refractivity contribution in [1.82, 2.24) is 0 Å². The molecule has 2 aromatic carbocycles. The second-order valence-electron chi connectivity index (χ2n) is 9.97. The van der Waals surface area contributed by atoms with Crippen LogP contribution in [0.1, 0.15) is 51.8 Å². The van der Waals surface area contributed by atoms with Gasteiger partial charge in [-0.1, -0.05) is 45.0 Å². The van der Waals surface area contributed by atoms with Gasteiger partial charge in [-0.25, -0.2) is 0 Å². The second-order valence-corrected chi connectivity index (χ2v) is 9.97. The molecule has 1 unspecified atom stereocenters. The first-order chi connectivity index (χ1) is 17.2. The van der Waals surface area contributed by atoms with Crippen LogP contribution in [-0.2, 0) is 9.59 Å². The molecular weight excluding hydrogens is 458 g/mol. The largest absolute Gasteiger partial charge is 0.458 e. The number of carbonyl (C=O) groups is 2. The average molecular weight is 486 g/mol. The first kappa shape index (κ1) is 23.5. The highest BCUT2D eigenvalue weighted by atomic mass is 16.6. The minimum Gasteiger partial charge on any atom is -0.458 e. The topological polar surface area (TPSA) is 106 Å². The summed E-state index contributed by atoms with van der Waals surface area (Å²) < 4.78 is 6.23. The van der Waals surface area contributed by atoms with Crippen LogP contribution in [0.25, 0.3) is 11.3 Å². The van der Waals surface area contributed by atoms with Crippen LogP contribution in [0.5, 0.6) is 0 Å². The Hall–Kier alpha value is -4.20. The molecule has 0 saturated carbocycles. The molecule has 0 fully saturated rings. The van der Waals surface area contributed by atoms with E-state index in [9.17, 15) is 19.7 Å². The zero-order chi connectivity index (χ0) is 25.6. The number of furan rings is 1. The fraction of sp³-hybridized carbons (Fsp3) is 0.286. The summed E-state index contributed by atoms with van der Waals surface area (Å²) in [4.78, 5) is 39.9. The SMILES string of the molecule is CCC(=O)N1c2ccccc2NC2=C(C(=O)CC(C)(C)C2)C1c1ccc(-c2ccccc2[N+](=O)[O-])o1. The van der Waals surface area contributed by atoms with E-state index in [1.165, 1.54) is 6.07 Å². The van der Waals surface area contributed by atoms with Gasteiger partial charge in [0.2, 0.25) is 5.91 Å². The van der Waals surface area contributed by atoms with E-state index in [0.717, 1.165) is 11.4 Å². The molecule has 0 radical (unpaired) electrons. The molecule has 1 aliphatic heterocycles. The van der Waals surface area contributed by atoms with Crippen molar-refractivity contribution in [3.8, 4) is 11.3 Å². The molecule has 1 aromatic heterocycles. The molecule has 36 heavy (non-hydrogen) atoms. The standard InChI is InChI=1S/C28H27N3O5/c1-4-25(33)30-21-12-8-6-10-18(21)29-19-15-28(2,3)16-22(32)26(19)27(30)24-14-13-23(36-24)17-9-5-7-11-20(17)31(34)35/h5-14,27,29H,4,15-16H2,1-3H3. The Kier molecular flexibility index (Phi) is 5.74. The van der Waals surface area contributed by atoms with Crippen molar-refractivity contribution in [2.45, 2.75) is 46.1 Å². The lowest BCUT2D eigenvalue weighted by Gasteiger charge is -2.36. The summed E-state index contributed by atoms with van der Waals surface area (Å²) >= 11 is 0. The van der Waals surface area contributed by atoms with Crippen LogP contribution in [0.2, 0.25) is 0 Å². The average Bonchev–Trinajstić information content (AvgIpc) is 3.27. The maximum absolute atomic E-state index is 13.6. The molecule has 8 heteroatoms. The van der Waals surface area contributed by atoms with Gasteiger partial charge in [0.15, 0.2) is 5.78 Å². The van der Waals surface area contributed by atoms with E-state index in [0.29, 0.717) is 41.2 Å². The molecule has 0 spiro atoms. The maximum atomic E-state index is 13.6. The third kappa shape index (κ3) is 3.98. The molecule has 1 aliphatic carbocycles. The molecule has 3 aromatic rings. The fourth-order valence-corrected chi connectivity index (χ4v) is 5.19. The highest BCUT2D eigenvalue weighted by Crippen LogP contribution is 2.49. The number of nitro groups is 1. The van der Waals surface area contributed by atoms with E-state index < -0.39 is 11.0 Å². The highest BCUT2D eigenvalue weighted by molar-refractivity contribution is 6.06. The van der Waals surface area contributed by atoms with Gasteiger partial charge in [-0.15, -0.1) is 0 Å². The summed E-state index contributed by atoms with van der Waals surface area (Å²) in [6, 6.07) is 16.4. The lowest BCUT2D eigenvalue weighted by molar-refractivity contribution is -0.384. The molecule has 8 nitrogen and oxygen atoms in total. The summed E-state index contributed by atoms with van der Waals surface area (Å²) in [5.41, 5.74) is 2.66. The molecule has 2 aliphatic rings. The number of Topliss-reactive ketones (excluding diaryl/α,β-unsaturated/α-hetero) is 1. The minimum atomic E-state index is -0.802. The van der Waals surface area contributed by atoms with Crippen LogP contribution in [0.3, 0.4) is 0 Å². The normalized spacial score (nSPS) is 18.7. The van der Waals surface area contributed by atoms with E-state index in [2.05, 4.69) is 19.2 Å². The van der Waals surface area contributed by atoms with Crippen molar-refractivity contribution >= 4 is 28.8 Å². The van der Waals surface area contributed by atoms with Crippen molar-refractivity contribution in [3.05, 3.63) is 87.8 Å². The Morgan fingerprint density at radius 3 is 2.58 bits per heavy atom. The van der Waals surface area contributed by atoms with Crippen molar-refractivity contribution in [2.75, 3.05) is 10.2 Å². The zero-order valence-corrected chi connectivity index (χ0v) is 20.4. The summed E-state index contributed by atoms with van der Waals surface area (Å²) in [5, 5.41) is 15.1. The van der Waals surface area contributed by atoms with Gasteiger partial charge in [-0.05, 0) is 42.2 Å². The Bertz CT molecular complexity index is 1420. The number of nitrogens with one attached hydrogen (secondary N) is 1. The molecule has 1 atom stereocenters. The van der Waals surface area contributed by atoms with Gasteiger partial charge < -0.3 is 9.73 Å². The van der Waals surface area contributed by atoms with Crippen LogP contribution < -0.4 is 10.2 Å². The van der Waals surface area contributed by atoms with Gasteiger partial charge in [-0.3, -0.25) is 24.6 Å². The van der Waals surface area contributed by atoms with Gasteiger partial charge in [0.25, 0.3) is 5.69 Å². The number of benzene rings is 2. The Morgan fingerprint density at radius 1 is 1.11 bits per heavy atom. The molecule has 5 rings (SSSR count). The number of nitro benzene ring substituents is 1. The van der Waals surface area contributed by atoms with Gasteiger partial charge in [0, 0.05) is 30.2 Å². The van der Waals surface area contributed by atoms with Gasteiger partial charge in [-0.2, -0.15) is 0 Å². The number of hydrogen-bond acceptors (Lipinski definition) is 6. The van der Waals surface area contributed by atoms with Crippen LogP contribution >= 0.6 is 0 Å². The number of para-hydroxylation sites is 3. The third-order valence-electron chi connectivity index (χ3n) is 6.73. The first-order valence-corrected chi connectivity index (χ1v) is 12.0. The number of nitrogens with zero attached hydrogens (tertiary/aromatic N) is 2. The van der Waals surface area contributed by atoms with E-state index >= 15 is 0 Å². The molecule has 1 amide bonds. The molecule has 184 valence electrons. The monoisotopic (exact) mass is 485 g/mol. The summed E-state index contributed by atoms with van der Waals surface area (Å²) in [7, 11) is 0. The Labute approximate surface area is 208 Å². The lowest BCUT2D eigenvalue weighted by atomic mass is 9.74. The zero-order valence-electron chi connectivity index (χ0n) is 20.4. The van der Waals surface area contributed by atoms with E-state index in [4.69, 9.17) is 4.42 Å². The van der Waals surface area contributed by atoms with Crippen LogP contribution in [0.15, 0.2) is 76.4 Å². The third-order valence-corrected chi connectivity index (χ3v) is 6.73. The molecule has 0 saturated heterocycles. The number of hydrogen-bond donors (Lipinski definition) is 1. The lowest BCUT2D eigenvalue weighted by Crippen LogP contribution is -2.39. The molecule has 2 heterocycles. The predicted octanol–water partition coefficient (Wildman–Crippen LogP) is 6.41. The van der Waals surface area contributed by atoms with Crippen LogP contribution in [0.4, 0.5) is 17.1 Å². The first-order valence-electron chi connectivity index (χ1n) is 12.0. The number of allylic oxidation sites excluding steroid dienone is 1. The number of fused-ring (bicyclic) bond motifs is 1. The van der Waals surface area contributed by atoms with Gasteiger partial charge in [0.1, 0.15) is 17.6 Å². The summed E-state index contributed by atoms with van der Waals surface area (Å²) in [5.74, 6) is 0.467. The molecular formula is C28H27N3O5. The highest BCUT2D eigenvalue weighted by Gasteiger charge is 2.44. The Morgan fingerprint density at radius 2 is 1.83 bits per heavy atom. The predicted molar refractivity (Wildman–Crippen MR) is 136 cm³/mol.